The second kappa shape index (κ2) is 10.9. The van der Waals surface area contributed by atoms with Gasteiger partial charge in [-0.2, -0.15) is 15.2 Å². The number of rotatable bonds is 2. The summed E-state index contributed by atoms with van der Waals surface area (Å²) in [6.45, 7) is 8.80. The molecule has 3 aliphatic rings. The number of aryl methyl sites for hydroxylation is 1. The van der Waals surface area contributed by atoms with Crippen molar-refractivity contribution in [2.75, 3.05) is 56.6 Å². The van der Waals surface area contributed by atoms with Crippen LogP contribution >= 0.6 is 0 Å². The Morgan fingerprint density at radius 1 is 1.05 bits per heavy atom. The van der Waals surface area contributed by atoms with E-state index in [1.807, 2.05) is 29.8 Å². The van der Waals surface area contributed by atoms with Crippen LogP contribution in [0.1, 0.15) is 35.7 Å². The Morgan fingerprint density at radius 2 is 1.90 bits per heavy atom. The molecule has 1 unspecified atom stereocenters. The fraction of sp³-hybridized carbons (Fsp3) is 0.419. The van der Waals surface area contributed by atoms with E-state index < -0.39 is 0 Å². The third kappa shape index (κ3) is 5.03. The third-order valence-electron chi connectivity index (χ3n) is 8.54. The number of ether oxygens (including phenoxy) is 1. The highest BCUT2D eigenvalue weighted by molar-refractivity contribution is 6.19. The van der Waals surface area contributed by atoms with Gasteiger partial charge in [0.2, 0.25) is 11.8 Å². The Morgan fingerprint density at radius 3 is 2.76 bits per heavy atom. The van der Waals surface area contributed by atoms with Crippen LogP contribution in [0.5, 0.6) is 5.88 Å². The normalized spacial score (nSPS) is 21.4. The first-order chi connectivity index (χ1) is 20.4. The topological polar surface area (TPSA) is 95.5 Å². The SMILES string of the molecule is CC1CCCOc2c(cnn2C)-c2cc(cc3ccnn23)C(=O)/N=C2\Nc3ccc(CN4CCN(C)CC4)cc3N2C1. The number of aliphatic imine (C=N–C) groups is 1. The van der Waals surface area contributed by atoms with Crippen LogP contribution in [0.25, 0.3) is 16.8 Å². The van der Waals surface area contributed by atoms with E-state index in [2.05, 4.69) is 67.4 Å². The molecule has 0 saturated carbocycles. The Labute approximate surface area is 245 Å². The van der Waals surface area contributed by atoms with Gasteiger partial charge in [0.25, 0.3) is 5.91 Å². The van der Waals surface area contributed by atoms with Gasteiger partial charge in [-0.1, -0.05) is 13.0 Å². The zero-order valence-corrected chi connectivity index (χ0v) is 24.5. The molecule has 0 radical (unpaired) electrons. The number of guanidine groups is 1. The van der Waals surface area contributed by atoms with Gasteiger partial charge in [-0.15, -0.1) is 0 Å². The second-order valence-corrected chi connectivity index (χ2v) is 11.8. The molecule has 42 heavy (non-hydrogen) atoms. The van der Waals surface area contributed by atoms with Crippen molar-refractivity contribution in [2.45, 2.75) is 26.3 Å². The number of benzene rings is 1. The summed E-state index contributed by atoms with van der Waals surface area (Å²) in [5.74, 6) is 1.27. The maximum atomic E-state index is 13.8. The fourth-order valence-electron chi connectivity index (χ4n) is 6.13. The lowest BCUT2D eigenvalue weighted by atomic mass is 10.0. The average molecular weight is 568 g/mol. The number of nitrogens with zero attached hydrogens (tertiary/aromatic N) is 8. The molecule has 218 valence electrons. The molecular formula is C31H37N9O2. The van der Waals surface area contributed by atoms with Crippen molar-refractivity contribution >= 4 is 28.8 Å². The molecule has 7 rings (SSSR count). The Balaban J connectivity index is 1.26. The lowest BCUT2D eigenvalue weighted by Crippen LogP contribution is -2.43. The monoisotopic (exact) mass is 567 g/mol. The predicted molar refractivity (Wildman–Crippen MR) is 163 cm³/mol. The highest BCUT2D eigenvalue weighted by atomic mass is 16.5. The Hall–Kier alpha value is -4.22. The summed E-state index contributed by atoms with van der Waals surface area (Å²) >= 11 is 0. The van der Waals surface area contributed by atoms with Gasteiger partial charge in [-0.05, 0) is 61.7 Å². The molecule has 6 heterocycles. The van der Waals surface area contributed by atoms with Gasteiger partial charge in [-0.25, -0.2) is 9.20 Å². The molecule has 1 N–H and O–H groups in total. The molecule has 1 atom stereocenters. The highest BCUT2D eigenvalue weighted by Gasteiger charge is 2.29. The van der Waals surface area contributed by atoms with Gasteiger partial charge in [0, 0.05) is 51.9 Å². The summed E-state index contributed by atoms with van der Waals surface area (Å²) in [6, 6.07) is 12.1. The number of piperazine rings is 1. The quantitative estimate of drug-likeness (QED) is 0.392. The smallest absolute Gasteiger partial charge is 0.280 e. The Bertz CT molecular complexity index is 1660. The van der Waals surface area contributed by atoms with Crippen LogP contribution in [0.3, 0.4) is 0 Å². The van der Waals surface area contributed by atoms with Crippen molar-refractivity contribution in [1.29, 1.82) is 0 Å². The molecule has 11 nitrogen and oxygen atoms in total. The first-order valence-electron chi connectivity index (χ1n) is 14.8. The van der Waals surface area contributed by atoms with Gasteiger partial charge in [0.1, 0.15) is 0 Å². The minimum Gasteiger partial charge on any atom is -0.477 e. The number of carbonyl (C=O) groups is 1. The molecule has 4 aromatic rings. The zero-order chi connectivity index (χ0) is 28.8. The maximum Gasteiger partial charge on any atom is 0.280 e. The number of likely N-dealkylation sites (N-methyl/N-ethyl adjacent to an activating group) is 1. The molecule has 0 spiro atoms. The zero-order valence-electron chi connectivity index (χ0n) is 24.5. The predicted octanol–water partition coefficient (Wildman–Crippen LogP) is 3.72. The van der Waals surface area contributed by atoms with E-state index in [0.717, 1.165) is 80.3 Å². The molecule has 1 aromatic carbocycles. The van der Waals surface area contributed by atoms with Gasteiger partial charge < -0.3 is 19.9 Å². The van der Waals surface area contributed by atoms with E-state index in [4.69, 9.17) is 4.74 Å². The van der Waals surface area contributed by atoms with E-state index in [1.54, 1.807) is 17.1 Å². The number of hydrogen-bond donors (Lipinski definition) is 1. The summed E-state index contributed by atoms with van der Waals surface area (Å²) in [6.07, 6.45) is 5.36. The van der Waals surface area contributed by atoms with E-state index in [1.165, 1.54) is 5.56 Å². The van der Waals surface area contributed by atoms with Crippen molar-refractivity contribution in [1.82, 2.24) is 29.2 Å². The number of pyridine rings is 1. The van der Waals surface area contributed by atoms with Gasteiger partial charge in [-0.3, -0.25) is 9.69 Å². The van der Waals surface area contributed by atoms with Crippen LogP contribution in [-0.4, -0.2) is 87.4 Å². The molecule has 1 amide bonds. The Kier molecular flexibility index (Phi) is 6.91. The number of fused-ring (bicyclic) bond motifs is 9. The van der Waals surface area contributed by atoms with Gasteiger partial charge in [0.15, 0.2) is 0 Å². The lowest BCUT2D eigenvalue weighted by Gasteiger charge is -2.32. The maximum absolute atomic E-state index is 13.8. The van der Waals surface area contributed by atoms with Crippen molar-refractivity contribution < 1.29 is 9.53 Å². The van der Waals surface area contributed by atoms with Crippen LogP contribution < -0.4 is 15.0 Å². The molecule has 3 aliphatic heterocycles. The average Bonchev–Trinajstić information content (AvgIpc) is 3.69. The molecule has 1 saturated heterocycles. The van der Waals surface area contributed by atoms with E-state index >= 15 is 0 Å². The number of aromatic nitrogens is 4. The second-order valence-electron chi connectivity index (χ2n) is 11.8. The molecule has 0 aliphatic carbocycles. The standard InChI is InChI=1S/C31H37N9O2/c1-21-5-4-14-42-30-25(18-33-37(30)3)27-17-23(16-24-8-9-32-40(24)27)29(41)35-31-34-26-7-6-22(15-28(26)39(31)19-21)20-38-12-10-36(2)11-13-38/h6-9,15-18,21H,4-5,10-14,19-20H2,1-3H3,(H,34,35,41). The lowest BCUT2D eigenvalue weighted by molar-refractivity contribution is 0.100. The summed E-state index contributed by atoms with van der Waals surface area (Å²) < 4.78 is 9.83. The van der Waals surface area contributed by atoms with Crippen LogP contribution in [-0.2, 0) is 13.6 Å². The molecular weight excluding hydrogens is 530 g/mol. The molecule has 1 fully saturated rings. The largest absolute Gasteiger partial charge is 0.477 e. The van der Waals surface area contributed by atoms with Crippen molar-refractivity contribution in [3.8, 4) is 17.1 Å². The minimum absolute atomic E-state index is 0.313. The molecule has 11 heteroatoms. The summed E-state index contributed by atoms with van der Waals surface area (Å²) in [5, 5.41) is 12.4. The van der Waals surface area contributed by atoms with E-state index in [0.29, 0.717) is 29.9 Å². The number of amides is 1. The molecule has 3 aromatic heterocycles. The third-order valence-corrected chi connectivity index (χ3v) is 8.54. The number of carbonyl (C=O) groups excluding carboxylic acids is 1. The van der Waals surface area contributed by atoms with E-state index in [9.17, 15) is 4.79 Å². The van der Waals surface area contributed by atoms with E-state index in [-0.39, 0.29) is 5.91 Å². The number of anilines is 2. The highest BCUT2D eigenvalue weighted by Crippen LogP contribution is 2.36. The van der Waals surface area contributed by atoms with Crippen molar-refractivity contribution in [2.24, 2.45) is 18.0 Å². The number of nitrogens with one attached hydrogen (secondary N) is 1. The first kappa shape index (κ1) is 26.7. The van der Waals surface area contributed by atoms with Crippen LogP contribution in [0.15, 0.2) is 53.8 Å². The van der Waals surface area contributed by atoms with Crippen LogP contribution in [0.4, 0.5) is 11.4 Å². The fourth-order valence-corrected chi connectivity index (χ4v) is 6.13. The summed E-state index contributed by atoms with van der Waals surface area (Å²) in [5.41, 5.74) is 6.14. The van der Waals surface area contributed by atoms with Crippen molar-refractivity contribution in [3.63, 3.8) is 0 Å². The summed E-state index contributed by atoms with van der Waals surface area (Å²) in [4.78, 5) is 25.5. The minimum atomic E-state index is -0.313. The molecule has 2 bridgehead atoms. The van der Waals surface area contributed by atoms with Crippen molar-refractivity contribution in [3.05, 3.63) is 59.9 Å². The van der Waals surface area contributed by atoms with Crippen LogP contribution in [0.2, 0.25) is 0 Å². The number of hydrogen-bond acceptors (Lipinski definition) is 8. The summed E-state index contributed by atoms with van der Waals surface area (Å²) in [7, 11) is 4.05. The van der Waals surface area contributed by atoms with Gasteiger partial charge >= 0.3 is 0 Å². The van der Waals surface area contributed by atoms with Gasteiger partial charge in [0.05, 0.1) is 47.1 Å². The van der Waals surface area contributed by atoms with Crippen LogP contribution in [0, 0.1) is 5.92 Å². The first-order valence-corrected chi connectivity index (χ1v) is 14.8.